The molecule has 98 valence electrons. The van der Waals surface area contributed by atoms with Crippen LogP contribution in [0.15, 0.2) is 5.11 Å². The number of rotatable bonds is 6. The molecule has 0 spiro atoms. The molecular weight excluding hydrogens is 226 g/mol. The highest BCUT2D eigenvalue weighted by atomic mass is 15.1. The van der Waals surface area contributed by atoms with Crippen molar-refractivity contribution >= 4 is 0 Å². The summed E-state index contributed by atoms with van der Waals surface area (Å²) in [5.41, 5.74) is 7.88. The minimum absolute atomic E-state index is 0.318. The first kappa shape index (κ1) is 13.2. The predicted octanol–water partition coefficient (Wildman–Crippen LogP) is 3.14. The lowest BCUT2D eigenvalue weighted by Gasteiger charge is -2.36. The van der Waals surface area contributed by atoms with Crippen molar-refractivity contribution in [1.29, 1.82) is 5.26 Å². The van der Waals surface area contributed by atoms with Crippen LogP contribution in [0.1, 0.15) is 44.9 Å². The topological polar surface area (TPSA) is 84.6 Å². The molecule has 2 fully saturated rings. The molecule has 1 N–H and O–H groups in total. The molecule has 0 aromatic rings. The Hall–Kier alpha value is -1.24. The summed E-state index contributed by atoms with van der Waals surface area (Å²) in [6, 6.07) is 2.51. The largest absolute Gasteiger partial charge is 0.299 e. The van der Waals surface area contributed by atoms with E-state index in [9.17, 15) is 5.26 Å². The molecule has 5 nitrogen and oxygen atoms in total. The van der Waals surface area contributed by atoms with E-state index in [0.29, 0.717) is 6.54 Å². The normalized spacial score (nSPS) is 31.4. The van der Waals surface area contributed by atoms with Gasteiger partial charge in [0.15, 0.2) is 0 Å². The third kappa shape index (κ3) is 3.38. The molecule has 0 aromatic carbocycles. The van der Waals surface area contributed by atoms with Crippen molar-refractivity contribution in [3.63, 3.8) is 0 Å². The van der Waals surface area contributed by atoms with E-state index in [2.05, 4.69) is 21.4 Å². The van der Waals surface area contributed by atoms with Gasteiger partial charge < -0.3 is 0 Å². The maximum atomic E-state index is 9.47. The Kier molecular flexibility index (Phi) is 4.46. The Morgan fingerprint density at radius 1 is 1.39 bits per heavy atom. The molecule has 2 aliphatic rings. The first-order chi connectivity index (χ1) is 8.79. The van der Waals surface area contributed by atoms with Crippen molar-refractivity contribution in [3.05, 3.63) is 10.4 Å². The number of hydrogen-bond acceptors (Lipinski definition) is 3. The molecule has 18 heavy (non-hydrogen) atoms. The summed E-state index contributed by atoms with van der Waals surface area (Å²) in [4.78, 5) is 2.73. The number of nitrogens with zero attached hydrogens (tertiary/aromatic N) is 4. The third-order valence-electron chi connectivity index (χ3n) is 4.25. The number of nitrogens with one attached hydrogen (secondary N) is 1. The van der Waals surface area contributed by atoms with Gasteiger partial charge in [0.2, 0.25) is 0 Å². The van der Waals surface area contributed by atoms with Gasteiger partial charge in [-0.25, -0.2) is 0 Å². The molecule has 2 saturated carbocycles. The van der Waals surface area contributed by atoms with Crippen LogP contribution in [0, 0.1) is 23.2 Å². The molecule has 0 amide bonds. The van der Waals surface area contributed by atoms with Crippen LogP contribution >= 0.6 is 0 Å². The van der Waals surface area contributed by atoms with Gasteiger partial charge in [0.1, 0.15) is 5.54 Å². The van der Waals surface area contributed by atoms with Gasteiger partial charge in [-0.05, 0) is 62.4 Å². The molecule has 0 aliphatic heterocycles. The molecule has 2 atom stereocenters. The van der Waals surface area contributed by atoms with Gasteiger partial charge in [-0.15, -0.1) is 0 Å². The summed E-state index contributed by atoms with van der Waals surface area (Å²) >= 11 is 0. The summed E-state index contributed by atoms with van der Waals surface area (Å²) in [6.07, 6.45) is 7.98. The van der Waals surface area contributed by atoms with E-state index in [-0.39, 0.29) is 5.54 Å². The van der Waals surface area contributed by atoms with Gasteiger partial charge in [0.05, 0.1) is 6.07 Å². The Morgan fingerprint density at radius 3 is 2.89 bits per heavy atom. The zero-order chi connectivity index (χ0) is 12.8. The van der Waals surface area contributed by atoms with Crippen LogP contribution in [0.5, 0.6) is 0 Å². The number of hydrogen-bond donors (Lipinski definition) is 1. The fourth-order valence-corrected chi connectivity index (χ4v) is 3.11. The molecular formula is C13H21N5. The summed E-state index contributed by atoms with van der Waals surface area (Å²) in [5.74, 6) is 1.64. The van der Waals surface area contributed by atoms with Crippen molar-refractivity contribution in [2.45, 2.75) is 50.5 Å². The fraction of sp³-hybridized carbons (Fsp3) is 0.923. The van der Waals surface area contributed by atoms with E-state index in [4.69, 9.17) is 5.53 Å². The van der Waals surface area contributed by atoms with Gasteiger partial charge in [0.25, 0.3) is 0 Å². The highest BCUT2D eigenvalue weighted by molar-refractivity contribution is 5.11. The van der Waals surface area contributed by atoms with Gasteiger partial charge in [0, 0.05) is 11.5 Å². The Morgan fingerprint density at radius 2 is 2.22 bits per heavy atom. The van der Waals surface area contributed by atoms with Crippen molar-refractivity contribution in [2.75, 3.05) is 13.1 Å². The fourth-order valence-electron chi connectivity index (χ4n) is 3.11. The van der Waals surface area contributed by atoms with Crippen LogP contribution in [-0.4, -0.2) is 18.6 Å². The predicted molar refractivity (Wildman–Crippen MR) is 69.7 cm³/mol. The monoisotopic (exact) mass is 247 g/mol. The second kappa shape index (κ2) is 6.08. The smallest absolute Gasteiger partial charge is 0.107 e. The number of azide groups is 1. The molecule has 2 aliphatic carbocycles. The van der Waals surface area contributed by atoms with E-state index in [1.165, 1.54) is 19.3 Å². The molecule has 0 aromatic heterocycles. The molecule has 0 bridgehead atoms. The SMILES string of the molecule is N#CC1(NCCCN=[N+]=[N-])CCCC(C2CC2)C1. The summed E-state index contributed by atoms with van der Waals surface area (Å²) in [5, 5.41) is 16.4. The number of nitriles is 1. The minimum atomic E-state index is -0.318. The van der Waals surface area contributed by atoms with Crippen LogP contribution < -0.4 is 5.32 Å². The first-order valence-electron chi connectivity index (χ1n) is 6.97. The van der Waals surface area contributed by atoms with Crippen molar-refractivity contribution in [3.8, 4) is 6.07 Å². The first-order valence-corrected chi connectivity index (χ1v) is 6.97. The lowest BCUT2D eigenvalue weighted by Crippen LogP contribution is -2.48. The zero-order valence-electron chi connectivity index (χ0n) is 10.8. The Balaban J connectivity index is 1.81. The standard InChI is InChI=1S/C13H21N5/c14-10-13(16-7-2-8-17-18-15)6-1-3-12(9-13)11-4-5-11/h11-12,16H,1-9H2. The maximum absolute atomic E-state index is 9.47. The van der Waals surface area contributed by atoms with Crippen LogP contribution in [0.2, 0.25) is 0 Å². The zero-order valence-corrected chi connectivity index (χ0v) is 10.8. The van der Waals surface area contributed by atoms with Crippen LogP contribution in [-0.2, 0) is 0 Å². The third-order valence-corrected chi connectivity index (χ3v) is 4.25. The summed E-state index contributed by atoms with van der Waals surface area (Å²) < 4.78 is 0. The molecule has 5 heteroatoms. The Bertz CT molecular complexity index is 364. The molecule has 2 rings (SSSR count). The molecule has 0 saturated heterocycles. The van der Waals surface area contributed by atoms with Crippen LogP contribution in [0.25, 0.3) is 10.4 Å². The lowest BCUT2D eigenvalue weighted by atomic mass is 9.74. The molecule has 2 unspecified atom stereocenters. The van der Waals surface area contributed by atoms with E-state index < -0.39 is 0 Å². The van der Waals surface area contributed by atoms with Gasteiger partial charge in [-0.3, -0.25) is 5.32 Å². The van der Waals surface area contributed by atoms with Crippen molar-refractivity contribution < 1.29 is 0 Å². The molecule has 0 heterocycles. The minimum Gasteiger partial charge on any atom is -0.299 e. The van der Waals surface area contributed by atoms with Gasteiger partial charge in [-0.2, -0.15) is 5.26 Å². The average molecular weight is 247 g/mol. The van der Waals surface area contributed by atoms with Crippen molar-refractivity contribution in [2.24, 2.45) is 17.0 Å². The average Bonchev–Trinajstić information content (AvgIpc) is 3.23. The maximum Gasteiger partial charge on any atom is 0.107 e. The lowest BCUT2D eigenvalue weighted by molar-refractivity contribution is 0.211. The van der Waals surface area contributed by atoms with Gasteiger partial charge in [-0.1, -0.05) is 11.5 Å². The summed E-state index contributed by atoms with van der Waals surface area (Å²) in [7, 11) is 0. The second-order valence-electron chi connectivity index (χ2n) is 5.62. The van der Waals surface area contributed by atoms with Crippen molar-refractivity contribution in [1.82, 2.24) is 5.32 Å². The summed E-state index contributed by atoms with van der Waals surface area (Å²) in [6.45, 7) is 1.28. The highest BCUT2D eigenvalue weighted by Crippen LogP contribution is 2.46. The molecule has 0 radical (unpaired) electrons. The van der Waals surface area contributed by atoms with E-state index in [1.807, 2.05) is 0 Å². The van der Waals surface area contributed by atoms with Gasteiger partial charge >= 0.3 is 0 Å². The highest BCUT2D eigenvalue weighted by Gasteiger charge is 2.41. The van der Waals surface area contributed by atoms with Crippen LogP contribution in [0.3, 0.4) is 0 Å². The van der Waals surface area contributed by atoms with E-state index in [0.717, 1.165) is 44.1 Å². The quantitative estimate of drug-likeness (QED) is 0.338. The van der Waals surface area contributed by atoms with E-state index in [1.54, 1.807) is 0 Å². The van der Waals surface area contributed by atoms with Crippen LogP contribution in [0.4, 0.5) is 0 Å². The Labute approximate surface area is 108 Å². The van der Waals surface area contributed by atoms with E-state index >= 15 is 0 Å². The second-order valence-corrected chi connectivity index (χ2v) is 5.62.